The van der Waals surface area contributed by atoms with Gasteiger partial charge in [0.2, 0.25) is 5.91 Å². The van der Waals surface area contributed by atoms with E-state index in [1.165, 1.54) is 12.0 Å². The number of halogens is 1. The van der Waals surface area contributed by atoms with Gasteiger partial charge in [0, 0.05) is 39.1 Å². The van der Waals surface area contributed by atoms with Gasteiger partial charge in [0.1, 0.15) is 5.75 Å². The Kier molecular flexibility index (Phi) is 6.42. The predicted molar refractivity (Wildman–Crippen MR) is 143 cm³/mol. The zero-order valence-electron chi connectivity index (χ0n) is 22.2. The standard InChI is InChI=1S/C28H36ClN5O4/c1-19-25(29)26(34(36)37)30-33(19)28-14-21-10-22(15-28)13-27(12-21,18-28)16-24(35)32-8-6-31(7-9-32)17-20-4-3-5-23(11-20)38-2/h3-5,11,21-22H,6-10,12-18H2,1-2H3. The first-order chi connectivity index (χ1) is 18.2. The molecule has 5 fully saturated rings. The number of carbonyl (C=O) groups is 1. The van der Waals surface area contributed by atoms with E-state index in [9.17, 15) is 14.9 Å². The van der Waals surface area contributed by atoms with Gasteiger partial charge >= 0.3 is 5.82 Å². The average molecular weight is 542 g/mol. The molecule has 204 valence electrons. The van der Waals surface area contributed by atoms with Crippen molar-refractivity contribution in [3.8, 4) is 5.75 Å². The van der Waals surface area contributed by atoms with Crippen molar-refractivity contribution in [2.75, 3.05) is 33.3 Å². The van der Waals surface area contributed by atoms with Crippen molar-refractivity contribution in [3.63, 3.8) is 0 Å². The van der Waals surface area contributed by atoms with Gasteiger partial charge in [-0.2, -0.15) is 4.68 Å². The number of aromatic nitrogens is 2. The van der Waals surface area contributed by atoms with Gasteiger partial charge in [0.15, 0.2) is 5.02 Å². The number of benzene rings is 1. The number of hydrogen-bond donors (Lipinski definition) is 0. The van der Waals surface area contributed by atoms with Gasteiger partial charge in [-0.25, -0.2) is 0 Å². The summed E-state index contributed by atoms with van der Waals surface area (Å²) in [6.07, 6.45) is 6.69. The van der Waals surface area contributed by atoms with Crippen LogP contribution in [0.25, 0.3) is 0 Å². The highest BCUT2D eigenvalue weighted by atomic mass is 35.5. The van der Waals surface area contributed by atoms with Crippen molar-refractivity contribution in [3.05, 3.63) is 50.7 Å². The molecule has 2 heterocycles. The molecule has 2 unspecified atom stereocenters. The molecule has 2 atom stereocenters. The van der Waals surface area contributed by atoms with Crippen LogP contribution in [0.3, 0.4) is 0 Å². The molecular weight excluding hydrogens is 506 g/mol. The van der Waals surface area contributed by atoms with Crippen molar-refractivity contribution < 1.29 is 14.5 Å². The van der Waals surface area contributed by atoms with E-state index >= 15 is 0 Å². The van der Waals surface area contributed by atoms with Crippen molar-refractivity contribution in [1.82, 2.24) is 19.6 Å². The number of piperazine rings is 1. The molecule has 1 aliphatic heterocycles. The van der Waals surface area contributed by atoms with E-state index in [0.29, 0.717) is 24.0 Å². The van der Waals surface area contributed by atoms with E-state index in [-0.39, 0.29) is 27.7 Å². The van der Waals surface area contributed by atoms with E-state index in [2.05, 4.69) is 22.1 Å². The SMILES string of the molecule is COc1cccc(CN2CCN(C(=O)CC34CC5CC(C3)CC(n3nc([N+](=O)[O-])c(Cl)c3C)(C5)C4)CC2)c1. The highest BCUT2D eigenvalue weighted by molar-refractivity contribution is 6.33. The lowest BCUT2D eigenvalue weighted by atomic mass is 9.46. The molecule has 0 radical (unpaired) electrons. The summed E-state index contributed by atoms with van der Waals surface area (Å²) in [5.41, 5.74) is 1.56. The van der Waals surface area contributed by atoms with Gasteiger partial charge < -0.3 is 19.8 Å². The van der Waals surface area contributed by atoms with Crippen LogP contribution >= 0.6 is 11.6 Å². The van der Waals surface area contributed by atoms with E-state index < -0.39 is 4.92 Å². The van der Waals surface area contributed by atoms with Crippen LogP contribution in [0.15, 0.2) is 24.3 Å². The molecule has 2 aromatic rings. The number of ether oxygens (including phenoxy) is 1. The highest BCUT2D eigenvalue weighted by Gasteiger charge is 2.61. The van der Waals surface area contributed by atoms with Crippen LogP contribution in [0, 0.1) is 34.3 Å². The molecule has 9 nitrogen and oxygen atoms in total. The maximum absolute atomic E-state index is 13.6. The molecule has 1 saturated heterocycles. The maximum atomic E-state index is 13.6. The van der Waals surface area contributed by atoms with E-state index in [4.69, 9.17) is 16.3 Å². The van der Waals surface area contributed by atoms with E-state index in [1.54, 1.807) is 7.11 Å². The van der Waals surface area contributed by atoms with Gasteiger partial charge in [-0.15, -0.1) is 0 Å². The third-order valence-corrected chi connectivity index (χ3v) is 10.0. The lowest BCUT2D eigenvalue weighted by molar-refractivity contribution is -0.389. The Hall–Kier alpha value is -2.65. The normalized spacial score (nSPS) is 30.6. The molecule has 4 bridgehead atoms. The van der Waals surface area contributed by atoms with Gasteiger partial charge in [0.25, 0.3) is 0 Å². The molecule has 0 spiro atoms. The van der Waals surface area contributed by atoms with Crippen molar-refractivity contribution in [1.29, 1.82) is 0 Å². The minimum Gasteiger partial charge on any atom is -0.497 e. The third kappa shape index (κ3) is 4.47. The second-order valence-corrected chi connectivity index (χ2v) is 12.6. The predicted octanol–water partition coefficient (Wildman–Crippen LogP) is 4.79. The Morgan fingerprint density at radius 3 is 2.53 bits per heavy atom. The van der Waals surface area contributed by atoms with Crippen LogP contribution in [0.4, 0.5) is 5.82 Å². The average Bonchev–Trinajstić information content (AvgIpc) is 3.18. The quantitative estimate of drug-likeness (QED) is 0.369. The first-order valence-corrected chi connectivity index (χ1v) is 14.1. The molecule has 1 aromatic carbocycles. The molecule has 0 N–H and O–H groups in total. The number of amides is 1. The fraction of sp³-hybridized carbons (Fsp3) is 0.643. The largest absolute Gasteiger partial charge is 0.497 e. The summed E-state index contributed by atoms with van der Waals surface area (Å²) in [6.45, 7) is 5.91. The Morgan fingerprint density at radius 2 is 1.89 bits per heavy atom. The van der Waals surface area contributed by atoms with Gasteiger partial charge in [-0.1, -0.05) is 23.7 Å². The van der Waals surface area contributed by atoms with Crippen molar-refractivity contribution in [2.45, 2.75) is 64.0 Å². The number of nitro groups is 1. The minimum absolute atomic E-state index is 0.0570. The van der Waals surface area contributed by atoms with E-state index in [1.807, 2.05) is 28.6 Å². The smallest absolute Gasteiger partial charge is 0.408 e. The Labute approximate surface area is 228 Å². The first kappa shape index (κ1) is 25.6. The van der Waals surface area contributed by atoms with Gasteiger partial charge in [0.05, 0.1) is 23.4 Å². The number of hydrogen-bond acceptors (Lipinski definition) is 6. The monoisotopic (exact) mass is 541 g/mol. The number of rotatable bonds is 7. The topological polar surface area (TPSA) is 93.7 Å². The summed E-state index contributed by atoms with van der Waals surface area (Å²) in [7, 11) is 1.68. The first-order valence-electron chi connectivity index (χ1n) is 13.7. The van der Waals surface area contributed by atoms with Crippen LogP contribution in [-0.2, 0) is 16.9 Å². The molecule has 5 aliphatic rings. The fourth-order valence-corrected chi connectivity index (χ4v) is 8.71. The Morgan fingerprint density at radius 1 is 1.18 bits per heavy atom. The van der Waals surface area contributed by atoms with Crippen LogP contribution < -0.4 is 4.74 Å². The van der Waals surface area contributed by atoms with Crippen LogP contribution in [0.1, 0.15) is 56.2 Å². The summed E-state index contributed by atoms with van der Waals surface area (Å²) < 4.78 is 7.23. The summed E-state index contributed by atoms with van der Waals surface area (Å²) in [5, 5.41) is 16.1. The number of methoxy groups -OCH3 is 1. The second kappa shape index (κ2) is 9.52. The highest BCUT2D eigenvalue weighted by Crippen LogP contribution is 2.65. The number of nitrogens with zero attached hydrogens (tertiary/aromatic N) is 5. The molecule has 10 heteroatoms. The molecule has 1 aromatic heterocycles. The number of carbonyl (C=O) groups excluding carboxylic acids is 1. The molecule has 1 amide bonds. The minimum atomic E-state index is -0.487. The molecule has 4 aliphatic carbocycles. The molecule has 7 rings (SSSR count). The van der Waals surface area contributed by atoms with Gasteiger partial charge in [-0.3, -0.25) is 9.69 Å². The zero-order chi connectivity index (χ0) is 26.7. The molecular formula is C28H36ClN5O4. The third-order valence-electron chi connectivity index (χ3n) is 9.59. The summed E-state index contributed by atoms with van der Waals surface area (Å²) in [4.78, 5) is 29.1. The lowest BCUT2D eigenvalue weighted by Crippen LogP contribution is -2.58. The Bertz CT molecular complexity index is 1240. The van der Waals surface area contributed by atoms with E-state index in [0.717, 1.165) is 70.6 Å². The summed E-state index contributed by atoms with van der Waals surface area (Å²) in [6, 6.07) is 8.16. The Balaban J connectivity index is 1.14. The lowest BCUT2D eigenvalue weighted by Gasteiger charge is -2.61. The maximum Gasteiger partial charge on any atom is 0.408 e. The molecule has 4 saturated carbocycles. The summed E-state index contributed by atoms with van der Waals surface area (Å²) in [5.74, 6) is 1.93. The summed E-state index contributed by atoms with van der Waals surface area (Å²) >= 11 is 6.35. The van der Waals surface area contributed by atoms with Crippen LogP contribution in [0.5, 0.6) is 5.75 Å². The molecule has 38 heavy (non-hydrogen) atoms. The van der Waals surface area contributed by atoms with Crippen LogP contribution in [-0.4, -0.2) is 63.7 Å². The van der Waals surface area contributed by atoms with Crippen LogP contribution in [0.2, 0.25) is 5.02 Å². The van der Waals surface area contributed by atoms with Crippen molar-refractivity contribution in [2.24, 2.45) is 17.3 Å². The fourth-order valence-electron chi connectivity index (χ4n) is 8.52. The zero-order valence-corrected chi connectivity index (χ0v) is 23.0. The van der Waals surface area contributed by atoms with Crippen molar-refractivity contribution >= 4 is 23.3 Å². The van der Waals surface area contributed by atoms with Gasteiger partial charge in [-0.05, 0) is 85.3 Å². The second-order valence-electron chi connectivity index (χ2n) is 12.3.